The molecule has 0 aromatic heterocycles. The summed E-state index contributed by atoms with van der Waals surface area (Å²) in [6, 6.07) is 8.97. The first-order valence-electron chi connectivity index (χ1n) is 7.61. The van der Waals surface area contributed by atoms with Crippen LogP contribution in [-0.4, -0.2) is 19.3 Å². The molecule has 2 nitrogen and oxygen atoms in total. The van der Waals surface area contributed by atoms with Crippen molar-refractivity contribution in [3.8, 4) is 0 Å². The Balaban J connectivity index is 1.76. The average molecular weight is 261 g/mol. The molecule has 0 aliphatic carbocycles. The molecule has 2 atom stereocenters. The molecule has 19 heavy (non-hydrogen) atoms. The highest BCUT2D eigenvalue weighted by atomic mass is 16.5. The van der Waals surface area contributed by atoms with Crippen LogP contribution < -0.4 is 5.32 Å². The minimum Gasteiger partial charge on any atom is -0.378 e. The number of hydrogen-bond donors (Lipinski definition) is 1. The van der Waals surface area contributed by atoms with Crippen LogP contribution in [0.15, 0.2) is 24.3 Å². The second-order valence-electron chi connectivity index (χ2n) is 5.89. The summed E-state index contributed by atoms with van der Waals surface area (Å²) < 4.78 is 5.72. The molecule has 1 fully saturated rings. The van der Waals surface area contributed by atoms with E-state index in [4.69, 9.17) is 4.74 Å². The summed E-state index contributed by atoms with van der Waals surface area (Å²) in [6.07, 6.45) is 2.81. The summed E-state index contributed by atoms with van der Waals surface area (Å²) >= 11 is 0. The molecule has 1 aromatic carbocycles. The van der Waals surface area contributed by atoms with Crippen molar-refractivity contribution in [2.75, 3.05) is 13.2 Å². The Hall–Kier alpha value is -0.860. The molecular weight excluding hydrogens is 234 g/mol. The van der Waals surface area contributed by atoms with Gasteiger partial charge in [-0.3, -0.25) is 0 Å². The van der Waals surface area contributed by atoms with Crippen LogP contribution in [0, 0.1) is 5.92 Å². The zero-order chi connectivity index (χ0) is 13.7. The van der Waals surface area contributed by atoms with E-state index in [2.05, 4.69) is 50.4 Å². The molecule has 106 valence electrons. The minimum atomic E-state index is 0.468. The van der Waals surface area contributed by atoms with E-state index in [-0.39, 0.29) is 0 Å². The summed E-state index contributed by atoms with van der Waals surface area (Å²) in [5, 5.41) is 3.58. The van der Waals surface area contributed by atoms with Gasteiger partial charge in [0.25, 0.3) is 0 Å². The van der Waals surface area contributed by atoms with E-state index in [1.165, 1.54) is 17.5 Å². The lowest BCUT2D eigenvalue weighted by Crippen LogP contribution is -2.27. The summed E-state index contributed by atoms with van der Waals surface area (Å²) in [5.41, 5.74) is 2.79. The normalized spacial score (nSPS) is 23.2. The lowest BCUT2D eigenvalue weighted by Gasteiger charge is -2.17. The van der Waals surface area contributed by atoms with Gasteiger partial charge in [0.1, 0.15) is 0 Å². The Morgan fingerprint density at radius 3 is 2.63 bits per heavy atom. The molecule has 1 aromatic rings. The molecule has 0 bridgehead atoms. The van der Waals surface area contributed by atoms with Crippen LogP contribution in [0.4, 0.5) is 0 Å². The van der Waals surface area contributed by atoms with Crippen LogP contribution in [0.1, 0.15) is 50.7 Å². The van der Waals surface area contributed by atoms with Gasteiger partial charge in [0, 0.05) is 19.7 Å². The predicted octanol–water partition coefficient (Wildman–Crippen LogP) is 3.71. The third-order valence-electron chi connectivity index (χ3n) is 4.13. The summed E-state index contributed by atoms with van der Waals surface area (Å²) in [4.78, 5) is 0. The Morgan fingerprint density at radius 2 is 2.00 bits per heavy atom. The number of ether oxygens (including phenoxy) is 1. The largest absolute Gasteiger partial charge is 0.378 e. The number of benzene rings is 1. The molecule has 0 spiro atoms. The molecule has 2 unspecified atom stereocenters. The smallest absolute Gasteiger partial charge is 0.0613 e. The maximum Gasteiger partial charge on any atom is 0.0613 e. The van der Waals surface area contributed by atoms with Crippen molar-refractivity contribution in [3.63, 3.8) is 0 Å². The van der Waals surface area contributed by atoms with Crippen molar-refractivity contribution in [2.45, 2.75) is 52.2 Å². The number of rotatable bonds is 6. The van der Waals surface area contributed by atoms with Gasteiger partial charge in [-0.25, -0.2) is 0 Å². The van der Waals surface area contributed by atoms with E-state index >= 15 is 0 Å². The molecule has 1 aliphatic heterocycles. The van der Waals surface area contributed by atoms with Gasteiger partial charge in [0.15, 0.2) is 0 Å². The van der Waals surface area contributed by atoms with Gasteiger partial charge in [0.05, 0.1) is 6.10 Å². The van der Waals surface area contributed by atoms with Crippen LogP contribution in [0.3, 0.4) is 0 Å². The van der Waals surface area contributed by atoms with E-state index in [0.29, 0.717) is 17.9 Å². The fourth-order valence-corrected chi connectivity index (χ4v) is 2.80. The quantitative estimate of drug-likeness (QED) is 0.843. The van der Waals surface area contributed by atoms with E-state index < -0.39 is 0 Å². The van der Waals surface area contributed by atoms with E-state index in [1.807, 2.05) is 0 Å². The van der Waals surface area contributed by atoms with Crippen LogP contribution in [0.5, 0.6) is 0 Å². The Kier molecular flexibility index (Phi) is 5.41. The first-order valence-corrected chi connectivity index (χ1v) is 7.61. The lowest BCUT2D eigenvalue weighted by molar-refractivity contribution is 0.0872. The van der Waals surface area contributed by atoms with Gasteiger partial charge in [0.2, 0.25) is 0 Å². The van der Waals surface area contributed by atoms with Crippen LogP contribution >= 0.6 is 0 Å². The molecule has 0 amide bonds. The van der Waals surface area contributed by atoms with E-state index in [9.17, 15) is 0 Å². The fourth-order valence-electron chi connectivity index (χ4n) is 2.80. The van der Waals surface area contributed by atoms with E-state index in [0.717, 1.165) is 26.1 Å². The fraction of sp³-hybridized carbons (Fsp3) is 0.647. The topological polar surface area (TPSA) is 21.3 Å². The third-order valence-corrected chi connectivity index (χ3v) is 4.13. The molecule has 0 saturated carbocycles. The van der Waals surface area contributed by atoms with Crippen molar-refractivity contribution in [1.29, 1.82) is 0 Å². The maximum atomic E-state index is 5.72. The van der Waals surface area contributed by atoms with Gasteiger partial charge >= 0.3 is 0 Å². The van der Waals surface area contributed by atoms with Crippen LogP contribution in [0.2, 0.25) is 0 Å². The molecule has 2 rings (SSSR count). The summed E-state index contributed by atoms with van der Waals surface area (Å²) in [5.74, 6) is 1.31. The highest BCUT2D eigenvalue weighted by molar-refractivity contribution is 5.24. The Bertz CT molecular complexity index is 371. The standard InChI is InChI=1S/C17H27NO/c1-4-17-16(9-10-19-17)12-18-11-14-5-7-15(8-6-14)13(2)3/h5-8,13,16-18H,4,9-12H2,1-3H3. The third kappa shape index (κ3) is 4.05. The van der Waals surface area contributed by atoms with Crippen molar-refractivity contribution in [3.05, 3.63) is 35.4 Å². The number of hydrogen-bond acceptors (Lipinski definition) is 2. The van der Waals surface area contributed by atoms with Gasteiger partial charge in [-0.1, -0.05) is 45.0 Å². The molecule has 1 aliphatic rings. The molecule has 1 N–H and O–H groups in total. The predicted molar refractivity (Wildman–Crippen MR) is 80.4 cm³/mol. The van der Waals surface area contributed by atoms with E-state index in [1.54, 1.807) is 0 Å². The molecular formula is C17H27NO. The zero-order valence-electron chi connectivity index (χ0n) is 12.5. The molecule has 2 heteroatoms. The first-order chi connectivity index (χ1) is 9.20. The van der Waals surface area contributed by atoms with Gasteiger partial charge in [-0.05, 0) is 35.8 Å². The average Bonchev–Trinajstić information content (AvgIpc) is 2.87. The first kappa shape index (κ1) is 14.5. The monoisotopic (exact) mass is 261 g/mol. The van der Waals surface area contributed by atoms with Crippen molar-refractivity contribution < 1.29 is 4.74 Å². The van der Waals surface area contributed by atoms with Gasteiger partial charge in [-0.2, -0.15) is 0 Å². The van der Waals surface area contributed by atoms with Gasteiger partial charge in [-0.15, -0.1) is 0 Å². The highest BCUT2D eigenvalue weighted by Crippen LogP contribution is 2.22. The van der Waals surface area contributed by atoms with Crippen LogP contribution in [0.25, 0.3) is 0 Å². The lowest BCUT2D eigenvalue weighted by atomic mass is 9.99. The molecule has 1 heterocycles. The maximum absolute atomic E-state index is 5.72. The zero-order valence-corrected chi connectivity index (χ0v) is 12.5. The minimum absolute atomic E-state index is 0.468. The highest BCUT2D eigenvalue weighted by Gasteiger charge is 2.25. The van der Waals surface area contributed by atoms with Crippen molar-refractivity contribution >= 4 is 0 Å². The Labute approximate surface area is 117 Å². The van der Waals surface area contributed by atoms with Crippen molar-refractivity contribution in [1.82, 2.24) is 5.32 Å². The van der Waals surface area contributed by atoms with Gasteiger partial charge < -0.3 is 10.1 Å². The molecule has 0 radical (unpaired) electrons. The summed E-state index contributed by atoms with van der Waals surface area (Å²) in [7, 11) is 0. The summed E-state index contributed by atoms with van der Waals surface area (Å²) in [6.45, 7) is 9.66. The second-order valence-corrected chi connectivity index (χ2v) is 5.89. The number of nitrogens with one attached hydrogen (secondary N) is 1. The Morgan fingerprint density at radius 1 is 1.26 bits per heavy atom. The van der Waals surface area contributed by atoms with Crippen LogP contribution in [-0.2, 0) is 11.3 Å². The molecule has 1 saturated heterocycles. The SMILES string of the molecule is CCC1OCCC1CNCc1ccc(C(C)C)cc1. The van der Waals surface area contributed by atoms with Crippen molar-refractivity contribution in [2.24, 2.45) is 5.92 Å². The second kappa shape index (κ2) is 7.06.